The highest BCUT2D eigenvalue weighted by Gasteiger charge is 2.28. The topological polar surface area (TPSA) is 74.3 Å². The van der Waals surface area contributed by atoms with Gasteiger partial charge >= 0.3 is 0 Å². The van der Waals surface area contributed by atoms with E-state index in [1.54, 1.807) is 10.5 Å². The van der Waals surface area contributed by atoms with E-state index in [2.05, 4.69) is 21.9 Å². The van der Waals surface area contributed by atoms with Crippen LogP contribution in [0.25, 0.3) is 0 Å². The third kappa shape index (κ3) is 5.03. The lowest BCUT2D eigenvalue weighted by Gasteiger charge is -2.32. The fraction of sp³-hybridized carbons (Fsp3) is 0.643. The molecule has 6 nitrogen and oxygen atoms in total. The predicted molar refractivity (Wildman–Crippen MR) is 82.8 cm³/mol. The van der Waals surface area contributed by atoms with Gasteiger partial charge in [-0.3, -0.25) is 4.98 Å². The average Bonchev–Trinajstić information content (AvgIpc) is 2.52. The van der Waals surface area contributed by atoms with E-state index in [9.17, 15) is 8.42 Å². The molecular weight excluding hydrogens is 288 g/mol. The SMILES string of the molecule is CCNCC1CCCN(S(=O)(=O)NCc2ccccn2)C1. The summed E-state index contributed by atoms with van der Waals surface area (Å²) in [5.74, 6) is 0.394. The Labute approximate surface area is 127 Å². The van der Waals surface area contributed by atoms with Gasteiger partial charge in [0.2, 0.25) is 0 Å². The third-order valence-corrected chi connectivity index (χ3v) is 5.19. The van der Waals surface area contributed by atoms with Crippen LogP contribution in [0.2, 0.25) is 0 Å². The molecule has 1 aliphatic rings. The van der Waals surface area contributed by atoms with Gasteiger partial charge in [-0.25, -0.2) is 0 Å². The lowest BCUT2D eigenvalue weighted by molar-refractivity contribution is 0.258. The molecule has 0 saturated carbocycles. The molecule has 1 fully saturated rings. The van der Waals surface area contributed by atoms with Crippen molar-refractivity contribution >= 4 is 10.2 Å². The molecule has 0 spiro atoms. The zero-order valence-corrected chi connectivity index (χ0v) is 13.3. The zero-order chi connectivity index (χ0) is 15.1. The van der Waals surface area contributed by atoms with Gasteiger partial charge in [0, 0.05) is 19.3 Å². The van der Waals surface area contributed by atoms with E-state index in [0.29, 0.717) is 19.0 Å². The predicted octanol–water partition coefficient (Wildman–Crippen LogP) is 0.738. The first-order valence-corrected chi connectivity index (χ1v) is 8.91. The second-order valence-corrected chi connectivity index (χ2v) is 7.08. The lowest BCUT2D eigenvalue weighted by Crippen LogP contribution is -2.47. The van der Waals surface area contributed by atoms with E-state index in [-0.39, 0.29) is 6.54 Å². The molecular formula is C14H24N4O2S. The maximum absolute atomic E-state index is 12.3. The van der Waals surface area contributed by atoms with Crippen molar-refractivity contribution in [1.29, 1.82) is 0 Å². The van der Waals surface area contributed by atoms with E-state index in [1.807, 2.05) is 18.2 Å². The van der Waals surface area contributed by atoms with Crippen LogP contribution in [0.15, 0.2) is 24.4 Å². The minimum Gasteiger partial charge on any atom is -0.317 e. The van der Waals surface area contributed by atoms with Crippen LogP contribution < -0.4 is 10.0 Å². The number of hydrogen-bond donors (Lipinski definition) is 2. The van der Waals surface area contributed by atoms with Crippen LogP contribution in [0.4, 0.5) is 0 Å². The maximum atomic E-state index is 12.3. The molecule has 0 amide bonds. The number of hydrogen-bond acceptors (Lipinski definition) is 4. The summed E-state index contributed by atoms with van der Waals surface area (Å²) < 4.78 is 28.9. The van der Waals surface area contributed by atoms with Crippen LogP contribution in [-0.4, -0.2) is 43.9 Å². The van der Waals surface area contributed by atoms with Gasteiger partial charge in [0.25, 0.3) is 10.2 Å². The van der Waals surface area contributed by atoms with E-state index in [0.717, 1.165) is 31.6 Å². The second kappa shape index (κ2) is 7.84. The maximum Gasteiger partial charge on any atom is 0.279 e. The van der Waals surface area contributed by atoms with Crippen molar-refractivity contribution < 1.29 is 8.42 Å². The van der Waals surface area contributed by atoms with Crippen molar-refractivity contribution in [2.45, 2.75) is 26.3 Å². The Morgan fingerprint density at radius 1 is 1.43 bits per heavy atom. The van der Waals surface area contributed by atoms with E-state index >= 15 is 0 Å². The fourth-order valence-corrected chi connectivity index (χ4v) is 3.81. The normalized spacial score (nSPS) is 20.5. The second-order valence-electron chi connectivity index (χ2n) is 5.32. The van der Waals surface area contributed by atoms with Crippen LogP contribution in [-0.2, 0) is 16.8 Å². The average molecular weight is 312 g/mol. The van der Waals surface area contributed by atoms with Gasteiger partial charge in [-0.05, 0) is 44.0 Å². The highest BCUT2D eigenvalue weighted by Crippen LogP contribution is 2.18. The number of nitrogens with zero attached hydrogens (tertiary/aromatic N) is 2. The first kappa shape index (κ1) is 16.4. The Morgan fingerprint density at radius 3 is 3.00 bits per heavy atom. The molecule has 0 aromatic carbocycles. The summed E-state index contributed by atoms with van der Waals surface area (Å²) >= 11 is 0. The Balaban J connectivity index is 1.89. The summed E-state index contributed by atoms with van der Waals surface area (Å²) in [6.45, 7) is 5.28. The molecule has 0 radical (unpaired) electrons. The van der Waals surface area contributed by atoms with Gasteiger partial charge in [0.05, 0.1) is 12.2 Å². The minimum absolute atomic E-state index is 0.234. The van der Waals surface area contributed by atoms with Gasteiger partial charge in [-0.15, -0.1) is 0 Å². The van der Waals surface area contributed by atoms with Crippen molar-refractivity contribution in [3.05, 3.63) is 30.1 Å². The Morgan fingerprint density at radius 2 is 2.29 bits per heavy atom. The lowest BCUT2D eigenvalue weighted by atomic mass is 10.00. The number of rotatable bonds is 7. The molecule has 1 aliphatic heterocycles. The number of nitrogens with one attached hydrogen (secondary N) is 2. The highest BCUT2D eigenvalue weighted by atomic mass is 32.2. The standard InChI is InChI=1S/C14H24N4O2S/c1-2-15-10-13-6-5-9-18(12-13)21(19,20)17-11-14-7-3-4-8-16-14/h3-4,7-8,13,15,17H,2,5-6,9-12H2,1H3. The van der Waals surface area contributed by atoms with Crippen LogP contribution in [0, 0.1) is 5.92 Å². The molecule has 1 aromatic heterocycles. The quantitative estimate of drug-likeness (QED) is 0.779. The smallest absolute Gasteiger partial charge is 0.279 e. The van der Waals surface area contributed by atoms with Crippen LogP contribution in [0.5, 0.6) is 0 Å². The first-order valence-electron chi connectivity index (χ1n) is 7.47. The first-order chi connectivity index (χ1) is 10.1. The summed E-state index contributed by atoms with van der Waals surface area (Å²) in [7, 11) is -3.42. The van der Waals surface area contributed by atoms with Crippen LogP contribution in [0.1, 0.15) is 25.5 Å². The van der Waals surface area contributed by atoms with Gasteiger partial charge in [0.1, 0.15) is 0 Å². The summed E-state index contributed by atoms with van der Waals surface area (Å²) in [6.07, 6.45) is 3.66. The molecule has 1 aromatic rings. The van der Waals surface area contributed by atoms with E-state index < -0.39 is 10.2 Å². The molecule has 1 saturated heterocycles. The molecule has 118 valence electrons. The minimum atomic E-state index is -3.42. The molecule has 1 unspecified atom stereocenters. The third-order valence-electron chi connectivity index (χ3n) is 3.67. The van der Waals surface area contributed by atoms with Crippen LogP contribution in [0.3, 0.4) is 0 Å². The zero-order valence-electron chi connectivity index (χ0n) is 12.5. The Bertz CT molecular complexity index is 521. The monoisotopic (exact) mass is 312 g/mol. The summed E-state index contributed by atoms with van der Waals surface area (Å²) in [5, 5.41) is 3.30. The van der Waals surface area contributed by atoms with Crippen molar-refractivity contribution in [1.82, 2.24) is 19.3 Å². The van der Waals surface area contributed by atoms with E-state index in [1.165, 1.54) is 0 Å². The molecule has 0 bridgehead atoms. The Hall–Kier alpha value is -1.02. The van der Waals surface area contributed by atoms with Crippen LogP contribution >= 0.6 is 0 Å². The van der Waals surface area contributed by atoms with Gasteiger partial charge < -0.3 is 5.32 Å². The van der Waals surface area contributed by atoms with Gasteiger partial charge in [-0.2, -0.15) is 17.4 Å². The number of piperidine rings is 1. The molecule has 2 heterocycles. The van der Waals surface area contributed by atoms with Gasteiger partial charge in [0.15, 0.2) is 0 Å². The molecule has 1 atom stereocenters. The van der Waals surface area contributed by atoms with Crippen molar-refractivity contribution in [3.63, 3.8) is 0 Å². The largest absolute Gasteiger partial charge is 0.317 e. The summed E-state index contributed by atoms with van der Waals surface area (Å²) in [6, 6.07) is 5.48. The number of aromatic nitrogens is 1. The van der Waals surface area contributed by atoms with Gasteiger partial charge in [-0.1, -0.05) is 13.0 Å². The fourth-order valence-electron chi connectivity index (χ4n) is 2.52. The molecule has 2 N–H and O–H groups in total. The molecule has 0 aliphatic carbocycles. The Kier molecular flexibility index (Phi) is 6.10. The van der Waals surface area contributed by atoms with E-state index in [4.69, 9.17) is 0 Å². The molecule has 2 rings (SSSR count). The van der Waals surface area contributed by atoms with Crippen molar-refractivity contribution in [2.75, 3.05) is 26.2 Å². The number of pyridine rings is 1. The van der Waals surface area contributed by atoms with Crippen molar-refractivity contribution in [2.24, 2.45) is 5.92 Å². The molecule has 7 heteroatoms. The van der Waals surface area contributed by atoms with Crippen molar-refractivity contribution in [3.8, 4) is 0 Å². The summed E-state index contributed by atoms with van der Waals surface area (Å²) in [4.78, 5) is 4.13. The highest BCUT2D eigenvalue weighted by molar-refractivity contribution is 7.87. The summed E-state index contributed by atoms with van der Waals surface area (Å²) in [5.41, 5.74) is 0.724. The molecule has 21 heavy (non-hydrogen) atoms.